The minimum atomic E-state index is -1.25. The zero-order chi connectivity index (χ0) is 36.3. The van der Waals surface area contributed by atoms with Crippen LogP contribution in [-0.4, -0.2) is 54.7 Å². The lowest BCUT2D eigenvalue weighted by atomic mass is 9.73. The monoisotopic (exact) mass is 713 g/mol. The number of H-pyrrole nitrogens is 1. The highest BCUT2D eigenvalue weighted by Crippen LogP contribution is 2.49. The highest BCUT2D eigenvalue weighted by atomic mass is 35.5. The number of carbonyl (C=O) groups is 4. The fourth-order valence-electron chi connectivity index (χ4n) is 6.81. The second-order valence-electron chi connectivity index (χ2n) is 13.8. The number of allylic oxidation sites excluding steroid dienone is 3. The van der Waals surface area contributed by atoms with E-state index < -0.39 is 35.3 Å². The summed E-state index contributed by atoms with van der Waals surface area (Å²) >= 11 is 7.00. The lowest BCUT2D eigenvalue weighted by Gasteiger charge is -2.37. The topological polar surface area (TPSA) is 174 Å². The number of nitrogens with zero attached hydrogens (tertiary/aromatic N) is 2. The summed E-state index contributed by atoms with van der Waals surface area (Å²) < 4.78 is 6.02. The number of Topliss-reactive ketones (excluding diaryl/α,β-unsaturated/α-hetero) is 1. The van der Waals surface area contributed by atoms with Crippen LogP contribution in [0.2, 0.25) is 5.02 Å². The highest BCUT2D eigenvalue weighted by molar-refractivity contribution is 6.31. The number of imidazole rings is 1. The Kier molecular flexibility index (Phi) is 10.3. The van der Waals surface area contributed by atoms with Gasteiger partial charge in [0.25, 0.3) is 0 Å². The third kappa shape index (κ3) is 8.01. The molecule has 2 heterocycles. The molecule has 266 valence electrons. The Morgan fingerprint density at radius 3 is 2.63 bits per heavy atom. The predicted octanol–water partition coefficient (Wildman–Crippen LogP) is 5.80. The first-order chi connectivity index (χ1) is 24.4. The second-order valence-corrected chi connectivity index (χ2v) is 14.2. The average molecular weight is 714 g/mol. The molecule has 0 saturated heterocycles. The van der Waals surface area contributed by atoms with Crippen LogP contribution in [0.5, 0.6) is 5.75 Å². The smallest absolute Gasteiger partial charge is 0.326 e. The summed E-state index contributed by atoms with van der Waals surface area (Å²) in [5, 5.41) is 27.0. The molecule has 2 aliphatic carbocycles. The number of fused-ring (bicyclic) bond motifs is 1. The van der Waals surface area contributed by atoms with Crippen molar-refractivity contribution < 1.29 is 34.1 Å². The number of aromatic nitrogens is 2. The van der Waals surface area contributed by atoms with E-state index in [1.54, 1.807) is 24.4 Å². The molecule has 0 bridgehead atoms. The maximum absolute atomic E-state index is 14.5. The van der Waals surface area contributed by atoms with E-state index in [1.165, 1.54) is 11.2 Å². The molecule has 5 N–H and O–H groups in total. The Hall–Kier alpha value is -5.36. The van der Waals surface area contributed by atoms with E-state index in [1.807, 2.05) is 50.3 Å². The number of ether oxygens (including phenoxy) is 1. The van der Waals surface area contributed by atoms with Crippen molar-refractivity contribution in [3.63, 3.8) is 0 Å². The van der Waals surface area contributed by atoms with Crippen molar-refractivity contribution in [2.45, 2.75) is 77.5 Å². The number of hydrogen-bond donors (Lipinski definition) is 5. The molecule has 1 aromatic heterocycles. The summed E-state index contributed by atoms with van der Waals surface area (Å²) in [5.74, 6) is -2.02. The molecule has 0 saturated carbocycles. The third-order valence-electron chi connectivity index (χ3n) is 9.20. The van der Waals surface area contributed by atoms with E-state index in [0.717, 1.165) is 5.56 Å². The number of carboxylic acid groups (broad SMARTS) is 1. The van der Waals surface area contributed by atoms with Crippen LogP contribution in [0.3, 0.4) is 0 Å². The van der Waals surface area contributed by atoms with Crippen molar-refractivity contribution in [1.82, 2.24) is 25.5 Å². The molecule has 2 atom stereocenters. The summed E-state index contributed by atoms with van der Waals surface area (Å²) in [6.45, 7) is 4.29. The molecule has 3 aromatic rings. The van der Waals surface area contributed by atoms with E-state index in [9.17, 15) is 29.4 Å². The first-order valence-corrected chi connectivity index (χ1v) is 17.2. The van der Waals surface area contributed by atoms with Gasteiger partial charge in [0, 0.05) is 54.6 Å². The van der Waals surface area contributed by atoms with Crippen LogP contribution in [0.25, 0.3) is 0 Å². The van der Waals surface area contributed by atoms with Crippen LogP contribution in [0.1, 0.15) is 75.2 Å². The van der Waals surface area contributed by atoms with Gasteiger partial charge < -0.3 is 30.6 Å². The van der Waals surface area contributed by atoms with Crippen molar-refractivity contribution in [1.29, 1.82) is 0 Å². The van der Waals surface area contributed by atoms with Crippen molar-refractivity contribution in [3.05, 3.63) is 117 Å². The van der Waals surface area contributed by atoms with E-state index in [4.69, 9.17) is 16.3 Å². The standard InChI is InChI=1S/C38H40ClN5O7/c1-38(2)17-28-34(31(46)18-38)36(25-12-11-24(16-26(25)39)51-20-22-7-4-3-5-8-22)44(29-9-6-10-30(45)35(29)43-28)33(48)14-13-32(47)42-27(37(49)50)15-23-19-40-21-41-23/h3-5,7-9,11-12,16,19,21,27,36,43,45H,6,10,13-15,17-18,20H2,1-2H3,(H,40,41)(H,42,47)(H,49,50)/t27-,36?/m1/s1. The number of halogens is 1. The summed E-state index contributed by atoms with van der Waals surface area (Å²) in [4.78, 5) is 61.8. The number of amides is 2. The van der Waals surface area contributed by atoms with Crippen molar-refractivity contribution >= 4 is 35.2 Å². The molecule has 1 unspecified atom stereocenters. The highest BCUT2D eigenvalue weighted by Gasteiger charge is 2.45. The maximum atomic E-state index is 14.5. The molecule has 0 radical (unpaired) electrons. The summed E-state index contributed by atoms with van der Waals surface area (Å²) in [6.07, 6.45) is 5.56. The number of aliphatic carboxylic acids is 1. The fourth-order valence-corrected chi connectivity index (χ4v) is 7.08. The van der Waals surface area contributed by atoms with Gasteiger partial charge in [0.1, 0.15) is 29.9 Å². The molecule has 0 fully saturated rings. The number of benzene rings is 2. The van der Waals surface area contributed by atoms with Crippen LogP contribution >= 0.6 is 11.6 Å². The van der Waals surface area contributed by atoms with Gasteiger partial charge in [-0.1, -0.05) is 67.9 Å². The molecule has 3 aliphatic rings. The van der Waals surface area contributed by atoms with Crippen molar-refractivity contribution in [2.24, 2.45) is 5.41 Å². The largest absolute Gasteiger partial charge is 0.510 e. The van der Waals surface area contributed by atoms with Crippen molar-refractivity contribution in [2.75, 3.05) is 0 Å². The predicted molar refractivity (Wildman–Crippen MR) is 188 cm³/mol. The summed E-state index contributed by atoms with van der Waals surface area (Å²) in [5.41, 5.74) is 3.15. The summed E-state index contributed by atoms with van der Waals surface area (Å²) in [6, 6.07) is 12.5. The van der Waals surface area contributed by atoms with E-state index in [0.29, 0.717) is 65.5 Å². The molecule has 2 amide bonds. The van der Waals surface area contributed by atoms with E-state index in [2.05, 4.69) is 20.6 Å². The number of hydrogen-bond acceptors (Lipinski definition) is 8. The Morgan fingerprint density at radius 2 is 1.92 bits per heavy atom. The third-order valence-corrected chi connectivity index (χ3v) is 9.53. The van der Waals surface area contributed by atoms with Gasteiger partial charge in [-0.3, -0.25) is 19.3 Å². The zero-order valence-corrected chi connectivity index (χ0v) is 29.1. The second kappa shape index (κ2) is 14.9. The SMILES string of the molecule is CC1(C)CC(=O)C2=C(C1)NC1=C(O)CCC=C1N(C(=O)CCC(=O)N[C@H](Cc1c[nH]cn1)C(=O)O)C2c1ccc(OCc2ccccc2)cc1Cl. The molecule has 6 rings (SSSR count). The summed E-state index contributed by atoms with van der Waals surface area (Å²) in [7, 11) is 0. The number of rotatable bonds is 11. The lowest BCUT2D eigenvalue weighted by molar-refractivity contribution is -0.142. The molecule has 0 spiro atoms. The van der Waals surface area contributed by atoms with Crippen LogP contribution in [0.4, 0.5) is 0 Å². The Labute approximate surface area is 300 Å². The van der Waals surface area contributed by atoms with Crippen LogP contribution in [0.15, 0.2) is 95.6 Å². The van der Waals surface area contributed by atoms with Crippen LogP contribution in [0, 0.1) is 5.41 Å². The molecular formula is C38H40ClN5O7. The first kappa shape index (κ1) is 35.5. The Bertz CT molecular complexity index is 1930. The van der Waals surface area contributed by atoms with Gasteiger partial charge in [0.15, 0.2) is 5.78 Å². The van der Waals surface area contributed by atoms with Gasteiger partial charge in [-0.25, -0.2) is 9.78 Å². The molecular weight excluding hydrogens is 674 g/mol. The molecule has 12 nitrogen and oxygen atoms in total. The van der Waals surface area contributed by atoms with Gasteiger partial charge in [-0.2, -0.15) is 0 Å². The number of nitrogens with one attached hydrogen (secondary N) is 3. The molecule has 51 heavy (non-hydrogen) atoms. The van der Waals surface area contributed by atoms with Crippen molar-refractivity contribution in [3.8, 4) is 5.75 Å². The van der Waals surface area contributed by atoms with E-state index in [-0.39, 0.29) is 42.2 Å². The fraction of sp³-hybridized carbons (Fsp3) is 0.342. The molecule has 1 aliphatic heterocycles. The van der Waals surface area contributed by atoms with Gasteiger partial charge >= 0.3 is 5.97 Å². The number of aliphatic hydroxyl groups is 1. The van der Waals surface area contributed by atoms with Gasteiger partial charge in [0.05, 0.1) is 23.8 Å². The number of aromatic amines is 1. The number of carbonyl (C=O) groups excluding carboxylic acids is 3. The Balaban J connectivity index is 1.35. The average Bonchev–Trinajstić information content (AvgIpc) is 3.55. The van der Waals surface area contributed by atoms with E-state index >= 15 is 0 Å². The van der Waals surface area contributed by atoms with Gasteiger partial charge in [-0.15, -0.1) is 0 Å². The number of aliphatic hydroxyl groups excluding tert-OH is 1. The quantitative estimate of drug-likeness (QED) is 0.165. The zero-order valence-electron chi connectivity index (χ0n) is 28.4. The van der Waals surface area contributed by atoms with Gasteiger partial charge in [0.2, 0.25) is 11.8 Å². The van der Waals surface area contributed by atoms with Crippen LogP contribution in [-0.2, 0) is 32.2 Å². The Morgan fingerprint density at radius 1 is 1.14 bits per heavy atom. The maximum Gasteiger partial charge on any atom is 0.326 e. The first-order valence-electron chi connectivity index (χ1n) is 16.8. The molecule has 13 heteroatoms. The van der Waals surface area contributed by atoms with Gasteiger partial charge in [-0.05, 0) is 41.5 Å². The number of ketones is 1. The minimum absolute atomic E-state index is 0.0440. The molecule has 2 aromatic carbocycles. The lowest BCUT2D eigenvalue weighted by Crippen LogP contribution is -2.43. The minimum Gasteiger partial charge on any atom is -0.510 e. The number of carboxylic acids is 1. The normalized spacial score (nSPS) is 18.9. The van der Waals surface area contributed by atoms with Crippen LogP contribution < -0.4 is 15.4 Å².